The third kappa shape index (κ3) is 2.71. The molecule has 0 amide bonds. The Morgan fingerprint density at radius 3 is 2.75 bits per heavy atom. The maximum Gasteiger partial charge on any atom is 0.420 e. The number of hydrogen-bond donors (Lipinski definition) is 0. The van der Waals surface area contributed by atoms with Crippen molar-refractivity contribution in [2.45, 2.75) is 26.9 Å². The van der Waals surface area contributed by atoms with Crippen LogP contribution in [-0.4, -0.2) is 14.9 Å². The van der Waals surface area contributed by atoms with Gasteiger partial charge in [0.15, 0.2) is 11.4 Å². The van der Waals surface area contributed by atoms with Gasteiger partial charge in [-0.2, -0.15) is 0 Å². The van der Waals surface area contributed by atoms with E-state index in [1.54, 1.807) is 24.3 Å². The molecule has 0 atom stereocenters. The summed E-state index contributed by atoms with van der Waals surface area (Å²) in [6.45, 7) is 8.12. The van der Waals surface area contributed by atoms with E-state index >= 15 is 0 Å². The SMILES string of the molecule is C=CCn1c(C)cc(C(=O)Cn2c(=O)oc3cc(Cl)ccc32)c1C. The van der Waals surface area contributed by atoms with E-state index in [-0.39, 0.29) is 12.3 Å². The minimum atomic E-state index is -0.569. The average molecular weight is 345 g/mol. The molecule has 0 aliphatic rings. The van der Waals surface area contributed by atoms with Gasteiger partial charge in [-0.1, -0.05) is 17.7 Å². The molecule has 24 heavy (non-hydrogen) atoms. The quantitative estimate of drug-likeness (QED) is 0.523. The standard InChI is InChI=1S/C18H17ClN2O3/c1-4-7-20-11(2)8-14(12(20)3)16(22)10-21-15-6-5-13(19)9-17(15)24-18(21)23/h4-6,8-9H,1,7,10H2,2-3H3. The van der Waals surface area contributed by atoms with E-state index in [9.17, 15) is 9.59 Å². The summed E-state index contributed by atoms with van der Waals surface area (Å²) in [4.78, 5) is 24.8. The van der Waals surface area contributed by atoms with Crippen LogP contribution in [-0.2, 0) is 13.1 Å². The molecule has 2 aromatic heterocycles. The number of fused-ring (bicyclic) bond motifs is 1. The van der Waals surface area contributed by atoms with E-state index < -0.39 is 5.76 Å². The van der Waals surface area contributed by atoms with Crippen molar-refractivity contribution in [2.24, 2.45) is 0 Å². The fourth-order valence-corrected chi connectivity index (χ4v) is 3.07. The zero-order chi connectivity index (χ0) is 17.4. The molecule has 0 N–H and O–H groups in total. The van der Waals surface area contributed by atoms with Crippen molar-refractivity contribution < 1.29 is 9.21 Å². The van der Waals surface area contributed by atoms with Crippen LogP contribution in [0.2, 0.25) is 5.02 Å². The lowest BCUT2D eigenvalue weighted by molar-refractivity contribution is 0.0970. The number of ketones is 1. The Balaban J connectivity index is 1.99. The summed E-state index contributed by atoms with van der Waals surface area (Å²) in [5.41, 5.74) is 3.37. The molecule has 0 aliphatic heterocycles. The first-order valence-electron chi connectivity index (χ1n) is 7.52. The molecular formula is C18H17ClN2O3. The fourth-order valence-electron chi connectivity index (χ4n) is 2.91. The lowest BCUT2D eigenvalue weighted by Gasteiger charge is -2.06. The molecule has 0 bridgehead atoms. The second kappa shape index (κ2) is 6.17. The van der Waals surface area contributed by atoms with Crippen molar-refractivity contribution >= 4 is 28.5 Å². The summed E-state index contributed by atoms with van der Waals surface area (Å²) in [6.07, 6.45) is 1.78. The molecular weight excluding hydrogens is 328 g/mol. The zero-order valence-electron chi connectivity index (χ0n) is 13.5. The van der Waals surface area contributed by atoms with Crippen LogP contribution in [0.1, 0.15) is 21.7 Å². The second-order valence-electron chi connectivity index (χ2n) is 5.67. The van der Waals surface area contributed by atoms with Crippen molar-refractivity contribution in [3.05, 3.63) is 69.4 Å². The van der Waals surface area contributed by atoms with Crippen molar-refractivity contribution in [1.29, 1.82) is 0 Å². The number of oxazole rings is 1. The molecule has 0 unspecified atom stereocenters. The van der Waals surface area contributed by atoms with Gasteiger partial charge in [0.25, 0.3) is 0 Å². The molecule has 3 rings (SSSR count). The van der Waals surface area contributed by atoms with E-state index in [1.807, 2.05) is 24.5 Å². The number of carbonyl (C=O) groups excluding carboxylic acids is 1. The molecule has 0 fully saturated rings. The van der Waals surface area contributed by atoms with E-state index in [0.717, 1.165) is 11.4 Å². The monoisotopic (exact) mass is 344 g/mol. The van der Waals surface area contributed by atoms with Crippen LogP contribution in [0.15, 0.2) is 46.1 Å². The van der Waals surface area contributed by atoms with Crippen LogP contribution in [0, 0.1) is 13.8 Å². The van der Waals surface area contributed by atoms with Crippen molar-refractivity contribution in [3.8, 4) is 0 Å². The zero-order valence-corrected chi connectivity index (χ0v) is 14.3. The minimum Gasteiger partial charge on any atom is -0.408 e. The molecule has 2 heterocycles. The topological polar surface area (TPSA) is 57.1 Å². The molecule has 5 nitrogen and oxygen atoms in total. The number of nitrogens with zero attached hydrogens (tertiary/aromatic N) is 2. The normalized spacial score (nSPS) is 11.1. The summed E-state index contributed by atoms with van der Waals surface area (Å²) in [5.74, 6) is -0.710. The number of aryl methyl sites for hydroxylation is 1. The van der Waals surface area contributed by atoms with Gasteiger partial charge < -0.3 is 8.98 Å². The van der Waals surface area contributed by atoms with E-state index in [4.69, 9.17) is 16.0 Å². The van der Waals surface area contributed by atoms with Gasteiger partial charge in [0.05, 0.1) is 12.1 Å². The highest BCUT2D eigenvalue weighted by molar-refractivity contribution is 6.31. The maximum absolute atomic E-state index is 12.7. The third-order valence-corrected chi connectivity index (χ3v) is 4.35. The van der Waals surface area contributed by atoms with Gasteiger partial charge in [-0.25, -0.2) is 4.79 Å². The smallest absolute Gasteiger partial charge is 0.408 e. The second-order valence-corrected chi connectivity index (χ2v) is 6.11. The van der Waals surface area contributed by atoms with Crippen LogP contribution in [0.25, 0.3) is 11.1 Å². The molecule has 0 saturated carbocycles. The first-order valence-corrected chi connectivity index (χ1v) is 7.90. The number of Topliss-reactive ketones (excluding diaryl/α,β-unsaturated/α-hetero) is 1. The Bertz CT molecular complexity index is 1010. The molecule has 3 aromatic rings. The number of halogens is 1. The molecule has 0 spiro atoms. The van der Waals surface area contributed by atoms with E-state index in [2.05, 4.69) is 6.58 Å². The number of benzene rings is 1. The Kier molecular flexibility index (Phi) is 4.20. The first kappa shape index (κ1) is 16.3. The largest absolute Gasteiger partial charge is 0.420 e. The molecule has 0 saturated heterocycles. The predicted molar refractivity (Wildman–Crippen MR) is 93.9 cm³/mol. The van der Waals surface area contributed by atoms with Crippen LogP contribution in [0.5, 0.6) is 0 Å². The van der Waals surface area contributed by atoms with Gasteiger partial charge in [-0.3, -0.25) is 9.36 Å². The predicted octanol–water partition coefficient (Wildman–Crippen LogP) is 3.74. The Morgan fingerprint density at radius 2 is 2.04 bits per heavy atom. The molecule has 0 aliphatic carbocycles. The Morgan fingerprint density at radius 1 is 1.29 bits per heavy atom. The number of hydrogen-bond acceptors (Lipinski definition) is 3. The average Bonchev–Trinajstić information content (AvgIpc) is 2.98. The highest BCUT2D eigenvalue weighted by Gasteiger charge is 2.18. The van der Waals surface area contributed by atoms with Gasteiger partial charge in [-0.15, -0.1) is 6.58 Å². The fraction of sp³-hybridized carbons (Fsp3) is 0.222. The molecule has 124 valence electrons. The molecule has 6 heteroatoms. The van der Waals surface area contributed by atoms with Crippen molar-refractivity contribution in [1.82, 2.24) is 9.13 Å². The van der Waals surface area contributed by atoms with Crippen molar-refractivity contribution in [2.75, 3.05) is 0 Å². The van der Waals surface area contributed by atoms with Crippen molar-refractivity contribution in [3.63, 3.8) is 0 Å². The summed E-state index contributed by atoms with van der Waals surface area (Å²) in [6, 6.07) is 6.74. The molecule has 0 radical (unpaired) electrons. The molecule has 1 aromatic carbocycles. The maximum atomic E-state index is 12.7. The van der Waals surface area contributed by atoms with E-state index in [0.29, 0.717) is 28.2 Å². The summed E-state index contributed by atoms with van der Waals surface area (Å²) < 4.78 is 8.50. The summed E-state index contributed by atoms with van der Waals surface area (Å²) in [7, 11) is 0. The number of allylic oxidation sites excluding steroid dienone is 1. The lowest BCUT2D eigenvalue weighted by atomic mass is 10.1. The third-order valence-electron chi connectivity index (χ3n) is 4.12. The van der Waals surface area contributed by atoms with Gasteiger partial charge in [0, 0.05) is 34.6 Å². The van der Waals surface area contributed by atoms with Crippen LogP contribution in [0.4, 0.5) is 0 Å². The van der Waals surface area contributed by atoms with Gasteiger partial charge in [-0.05, 0) is 32.0 Å². The van der Waals surface area contributed by atoms with E-state index in [1.165, 1.54) is 4.57 Å². The number of aromatic nitrogens is 2. The first-order chi connectivity index (χ1) is 11.4. The summed E-state index contributed by atoms with van der Waals surface area (Å²) in [5, 5.41) is 0.475. The van der Waals surface area contributed by atoms with Gasteiger partial charge in [0.2, 0.25) is 0 Å². The highest BCUT2D eigenvalue weighted by Crippen LogP contribution is 2.20. The van der Waals surface area contributed by atoms with Gasteiger partial charge in [0.1, 0.15) is 0 Å². The van der Waals surface area contributed by atoms with Gasteiger partial charge >= 0.3 is 5.76 Å². The number of rotatable bonds is 5. The highest BCUT2D eigenvalue weighted by atomic mass is 35.5. The minimum absolute atomic E-state index is 0.0775. The lowest BCUT2D eigenvalue weighted by Crippen LogP contribution is -2.20. The Hall–Kier alpha value is -2.53. The Labute approximate surface area is 143 Å². The van der Waals surface area contributed by atoms with Crippen LogP contribution >= 0.6 is 11.6 Å². The van der Waals surface area contributed by atoms with Crippen LogP contribution < -0.4 is 5.76 Å². The van der Waals surface area contributed by atoms with Crippen LogP contribution in [0.3, 0.4) is 0 Å². The number of carbonyl (C=O) groups is 1. The summed E-state index contributed by atoms with van der Waals surface area (Å²) >= 11 is 5.90.